The van der Waals surface area contributed by atoms with E-state index >= 15 is 0 Å². The third-order valence-corrected chi connectivity index (χ3v) is 3.43. The Bertz CT molecular complexity index is 416. The maximum atomic E-state index is 11.6. The number of carbonyl (C=O) groups excluding carboxylic acids is 1. The van der Waals surface area contributed by atoms with E-state index in [1.165, 1.54) is 5.56 Å². The van der Waals surface area contributed by atoms with Gasteiger partial charge >= 0.3 is 6.03 Å². The number of aryl methyl sites for hydroxylation is 1. The Morgan fingerprint density at radius 3 is 2.80 bits per heavy atom. The highest BCUT2D eigenvalue weighted by Gasteiger charge is 2.32. The van der Waals surface area contributed by atoms with Gasteiger partial charge in [0.1, 0.15) is 5.60 Å². The molecule has 5 heteroatoms. The lowest BCUT2D eigenvalue weighted by atomic mass is 10.0. The van der Waals surface area contributed by atoms with Crippen LogP contribution in [-0.4, -0.2) is 43.0 Å². The Morgan fingerprint density at radius 2 is 2.10 bits per heavy atom. The molecular weight excluding hydrogens is 256 g/mol. The van der Waals surface area contributed by atoms with Gasteiger partial charge in [-0.2, -0.15) is 0 Å². The summed E-state index contributed by atoms with van der Waals surface area (Å²) in [6, 6.07) is 9.94. The van der Waals surface area contributed by atoms with Crippen LogP contribution in [0, 0.1) is 0 Å². The van der Waals surface area contributed by atoms with Crippen molar-refractivity contribution in [3.05, 3.63) is 35.9 Å². The molecule has 1 atom stereocenters. The fourth-order valence-electron chi connectivity index (χ4n) is 2.18. The molecule has 2 amide bonds. The van der Waals surface area contributed by atoms with Gasteiger partial charge in [-0.3, -0.25) is 0 Å². The summed E-state index contributed by atoms with van der Waals surface area (Å²) in [7, 11) is 0. The average Bonchev–Trinajstić information content (AvgIpc) is 2.90. The lowest BCUT2D eigenvalue weighted by molar-refractivity contribution is 0.0292. The van der Waals surface area contributed by atoms with Crippen LogP contribution in [0.5, 0.6) is 0 Å². The second kappa shape index (κ2) is 7.26. The molecule has 1 aromatic carbocycles. The smallest absolute Gasteiger partial charge is 0.314 e. The molecule has 1 aromatic rings. The third kappa shape index (κ3) is 4.83. The van der Waals surface area contributed by atoms with E-state index in [0.717, 1.165) is 12.8 Å². The standard InChI is InChI=1S/C15H22N2O3/c18-14(17-11-15(19)8-10-20-12-15)16-9-4-7-13-5-2-1-3-6-13/h1-3,5-6,19H,4,7-12H2,(H2,16,17,18)/t15-/m1/s1. The Morgan fingerprint density at radius 1 is 1.30 bits per heavy atom. The molecule has 0 saturated carbocycles. The zero-order valence-electron chi connectivity index (χ0n) is 11.6. The summed E-state index contributed by atoms with van der Waals surface area (Å²) < 4.78 is 5.12. The summed E-state index contributed by atoms with van der Waals surface area (Å²) in [6.07, 6.45) is 2.41. The van der Waals surface area contributed by atoms with Crippen molar-refractivity contribution in [2.24, 2.45) is 0 Å². The van der Waals surface area contributed by atoms with Crippen molar-refractivity contribution in [3.8, 4) is 0 Å². The molecule has 5 nitrogen and oxygen atoms in total. The third-order valence-electron chi connectivity index (χ3n) is 3.43. The van der Waals surface area contributed by atoms with Crippen molar-refractivity contribution < 1.29 is 14.6 Å². The number of hydrogen-bond donors (Lipinski definition) is 3. The normalized spacial score (nSPS) is 21.6. The van der Waals surface area contributed by atoms with Gasteiger partial charge in [-0.15, -0.1) is 0 Å². The van der Waals surface area contributed by atoms with Gasteiger partial charge in [-0.25, -0.2) is 4.79 Å². The molecule has 2 rings (SSSR count). The quantitative estimate of drug-likeness (QED) is 0.682. The minimum Gasteiger partial charge on any atom is -0.386 e. The number of urea groups is 1. The van der Waals surface area contributed by atoms with E-state index in [9.17, 15) is 9.90 Å². The van der Waals surface area contributed by atoms with Crippen molar-refractivity contribution in [2.75, 3.05) is 26.3 Å². The summed E-state index contributed by atoms with van der Waals surface area (Å²) in [5, 5.41) is 15.5. The lowest BCUT2D eigenvalue weighted by Crippen LogP contribution is -2.46. The highest BCUT2D eigenvalue weighted by Crippen LogP contribution is 2.16. The van der Waals surface area contributed by atoms with Crippen molar-refractivity contribution in [1.29, 1.82) is 0 Å². The minimum atomic E-state index is -0.901. The lowest BCUT2D eigenvalue weighted by Gasteiger charge is -2.20. The van der Waals surface area contributed by atoms with Crippen LogP contribution in [0.3, 0.4) is 0 Å². The predicted octanol–water partition coefficient (Wildman–Crippen LogP) is 1.07. The minimum absolute atomic E-state index is 0.234. The molecule has 0 aliphatic carbocycles. The second-order valence-electron chi connectivity index (χ2n) is 5.23. The van der Waals surface area contributed by atoms with E-state index in [1.807, 2.05) is 18.2 Å². The molecule has 0 radical (unpaired) electrons. The van der Waals surface area contributed by atoms with Gasteiger partial charge < -0.3 is 20.5 Å². The van der Waals surface area contributed by atoms with Crippen molar-refractivity contribution >= 4 is 6.03 Å². The molecule has 1 saturated heterocycles. The van der Waals surface area contributed by atoms with Crippen LogP contribution >= 0.6 is 0 Å². The number of hydrogen-bond acceptors (Lipinski definition) is 3. The van der Waals surface area contributed by atoms with Crippen molar-refractivity contribution in [2.45, 2.75) is 24.9 Å². The molecule has 1 fully saturated rings. The SMILES string of the molecule is O=C(NCCCc1ccccc1)NC[C@]1(O)CCOC1. The first-order valence-corrected chi connectivity index (χ1v) is 7.04. The molecule has 1 aliphatic heterocycles. The molecule has 0 aromatic heterocycles. The van der Waals surface area contributed by atoms with Gasteiger partial charge in [-0.05, 0) is 18.4 Å². The fraction of sp³-hybridized carbons (Fsp3) is 0.533. The first-order chi connectivity index (χ1) is 9.68. The summed E-state index contributed by atoms with van der Waals surface area (Å²) in [5.41, 5.74) is 0.369. The molecule has 0 spiro atoms. The van der Waals surface area contributed by atoms with Gasteiger partial charge in [-0.1, -0.05) is 30.3 Å². The van der Waals surface area contributed by atoms with Crippen molar-refractivity contribution in [3.63, 3.8) is 0 Å². The summed E-state index contributed by atoms with van der Waals surface area (Å²) in [6.45, 7) is 1.70. The number of aliphatic hydroxyl groups is 1. The summed E-state index contributed by atoms with van der Waals surface area (Å²) >= 11 is 0. The Hall–Kier alpha value is -1.59. The van der Waals surface area contributed by atoms with Gasteiger partial charge in [0, 0.05) is 19.6 Å². The van der Waals surface area contributed by atoms with Gasteiger partial charge in [0.15, 0.2) is 0 Å². The highest BCUT2D eigenvalue weighted by molar-refractivity contribution is 5.73. The van der Waals surface area contributed by atoms with Crippen molar-refractivity contribution in [1.82, 2.24) is 10.6 Å². The fourth-order valence-corrected chi connectivity index (χ4v) is 2.18. The number of benzene rings is 1. The maximum Gasteiger partial charge on any atom is 0.314 e. The molecular formula is C15H22N2O3. The molecule has 20 heavy (non-hydrogen) atoms. The Kier molecular flexibility index (Phi) is 5.38. The highest BCUT2D eigenvalue weighted by atomic mass is 16.5. The average molecular weight is 278 g/mol. The van der Waals surface area contributed by atoms with Crippen LogP contribution in [0.25, 0.3) is 0 Å². The molecule has 1 heterocycles. The second-order valence-corrected chi connectivity index (χ2v) is 5.23. The van der Waals surface area contributed by atoms with E-state index in [0.29, 0.717) is 26.2 Å². The largest absolute Gasteiger partial charge is 0.386 e. The van der Waals surface area contributed by atoms with Crippen LogP contribution < -0.4 is 10.6 Å². The number of rotatable bonds is 6. The Balaban J connectivity index is 1.56. The van der Waals surface area contributed by atoms with Crippen LogP contribution in [0.2, 0.25) is 0 Å². The summed E-state index contributed by atoms with van der Waals surface area (Å²) in [4.78, 5) is 11.6. The molecule has 0 unspecified atom stereocenters. The topological polar surface area (TPSA) is 70.6 Å². The van der Waals surface area contributed by atoms with E-state index in [-0.39, 0.29) is 12.6 Å². The number of ether oxygens (including phenoxy) is 1. The molecule has 0 bridgehead atoms. The molecule has 3 N–H and O–H groups in total. The van der Waals surface area contributed by atoms with Gasteiger partial charge in [0.2, 0.25) is 0 Å². The Labute approximate surface area is 119 Å². The van der Waals surface area contributed by atoms with Crippen LogP contribution in [0.1, 0.15) is 18.4 Å². The zero-order valence-corrected chi connectivity index (χ0v) is 11.6. The molecule has 110 valence electrons. The predicted molar refractivity (Wildman–Crippen MR) is 76.6 cm³/mol. The molecule has 1 aliphatic rings. The van der Waals surface area contributed by atoms with Crippen LogP contribution in [-0.2, 0) is 11.2 Å². The monoisotopic (exact) mass is 278 g/mol. The number of carbonyl (C=O) groups is 1. The van der Waals surface area contributed by atoms with E-state index in [4.69, 9.17) is 4.74 Å². The van der Waals surface area contributed by atoms with Gasteiger partial charge in [0.25, 0.3) is 0 Å². The number of nitrogens with one attached hydrogen (secondary N) is 2. The first-order valence-electron chi connectivity index (χ1n) is 7.04. The van der Waals surface area contributed by atoms with E-state index in [2.05, 4.69) is 22.8 Å². The first kappa shape index (κ1) is 14.8. The van der Waals surface area contributed by atoms with E-state index in [1.54, 1.807) is 0 Å². The maximum absolute atomic E-state index is 11.6. The summed E-state index contributed by atoms with van der Waals surface area (Å²) in [5.74, 6) is 0. The number of amides is 2. The zero-order chi connectivity index (χ0) is 14.3. The van der Waals surface area contributed by atoms with Crippen LogP contribution in [0.15, 0.2) is 30.3 Å². The van der Waals surface area contributed by atoms with Crippen LogP contribution in [0.4, 0.5) is 4.79 Å². The van der Waals surface area contributed by atoms with E-state index < -0.39 is 5.60 Å². The van der Waals surface area contributed by atoms with Gasteiger partial charge in [0.05, 0.1) is 13.2 Å².